The molecule has 5 unspecified atom stereocenters. The molecule has 1 aliphatic rings. The second-order valence-electron chi connectivity index (χ2n) is 6.57. The maximum atomic E-state index is 2.50. The summed E-state index contributed by atoms with van der Waals surface area (Å²) in [5.41, 5.74) is 0. The van der Waals surface area contributed by atoms with Crippen LogP contribution in [0.15, 0.2) is 0 Å². The Hall–Kier alpha value is 0. The van der Waals surface area contributed by atoms with Gasteiger partial charge in [0.25, 0.3) is 0 Å². The molecule has 0 spiro atoms. The highest BCUT2D eigenvalue weighted by atomic mass is 14.4. The Kier molecular flexibility index (Phi) is 5.34. The van der Waals surface area contributed by atoms with E-state index in [1.54, 1.807) is 0 Å². The highest BCUT2D eigenvalue weighted by Crippen LogP contribution is 2.46. The van der Waals surface area contributed by atoms with E-state index >= 15 is 0 Å². The summed E-state index contributed by atoms with van der Waals surface area (Å²) in [4.78, 5) is 0. The summed E-state index contributed by atoms with van der Waals surface area (Å²) < 4.78 is 0. The zero-order chi connectivity index (χ0) is 12.3. The van der Waals surface area contributed by atoms with Crippen molar-refractivity contribution < 1.29 is 0 Å². The van der Waals surface area contributed by atoms with Gasteiger partial charge in [-0.2, -0.15) is 0 Å². The monoisotopic (exact) mass is 224 g/mol. The molecule has 1 rings (SSSR count). The van der Waals surface area contributed by atoms with E-state index in [-0.39, 0.29) is 0 Å². The van der Waals surface area contributed by atoms with Crippen LogP contribution in [0.25, 0.3) is 0 Å². The Bertz CT molecular complexity index is 194. The molecule has 0 N–H and O–H groups in total. The van der Waals surface area contributed by atoms with Gasteiger partial charge < -0.3 is 0 Å². The Balaban J connectivity index is 2.75. The number of hydrogen-bond donors (Lipinski definition) is 0. The lowest BCUT2D eigenvalue weighted by molar-refractivity contribution is 0.0542. The minimum absolute atomic E-state index is 0.881. The largest absolute Gasteiger partial charge is 0.0651 e. The molecule has 0 aromatic heterocycles. The van der Waals surface area contributed by atoms with E-state index in [0.29, 0.717) is 0 Å². The molecule has 0 nitrogen and oxygen atoms in total. The summed E-state index contributed by atoms with van der Waals surface area (Å²) in [7, 11) is 0. The van der Waals surface area contributed by atoms with Gasteiger partial charge in [0.2, 0.25) is 0 Å². The van der Waals surface area contributed by atoms with Gasteiger partial charge in [0, 0.05) is 0 Å². The molecule has 0 aromatic carbocycles. The number of rotatable bonds is 4. The van der Waals surface area contributed by atoms with E-state index in [1.807, 2.05) is 0 Å². The quantitative estimate of drug-likeness (QED) is 0.601. The Morgan fingerprint density at radius 2 is 1.69 bits per heavy atom. The lowest BCUT2D eigenvalue weighted by atomic mass is 9.61. The van der Waals surface area contributed by atoms with Gasteiger partial charge in [0.15, 0.2) is 0 Å². The van der Waals surface area contributed by atoms with Crippen LogP contribution in [0.4, 0.5) is 0 Å². The normalized spacial score (nSPS) is 37.7. The predicted molar refractivity (Wildman–Crippen MR) is 73.5 cm³/mol. The van der Waals surface area contributed by atoms with Gasteiger partial charge in [-0.1, -0.05) is 54.4 Å². The first-order valence-electron chi connectivity index (χ1n) is 7.51. The van der Waals surface area contributed by atoms with E-state index in [1.165, 1.54) is 25.7 Å². The van der Waals surface area contributed by atoms with Crippen molar-refractivity contribution in [1.82, 2.24) is 0 Å². The molecular formula is C16H32. The van der Waals surface area contributed by atoms with Crippen molar-refractivity contribution in [2.75, 3.05) is 0 Å². The SMILES string of the molecule is CCC(C)C1CC(C(C)C)CC(C)C1CC. The fourth-order valence-electron chi connectivity index (χ4n) is 3.90. The maximum Gasteiger partial charge on any atom is -0.0355 e. The molecule has 0 aromatic rings. The first-order chi connectivity index (χ1) is 7.51. The fourth-order valence-corrected chi connectivity index (χ4v) is 3.90. The first kappa shape index (κ1) is 14.1. The van der Waals surface area contributed by atoms with E-state index in [0.717, 1.165) is 35.5 Å². The second kappa shape index (κ2) is 6.07. The van der Waals surface area contributed by atoms with E-state index in [9.17, 15) is 0 Å². The Morgan fingerprint density at radius 1 is 1.06 bits per heavy atom. The molecule has 0 amide bonds. The zero-order valence-corrected chi connectivity index (χ0v) is 12.3. The summed E-state index contributed by atoms with van der Waals surface area (Å²) >= 11 is 0. The molecule has 5 atom stereocenters. The van der Waals surface area contributed by atoms with Crippen molar-refractivity contribution in [3.63, 3.8) is 0 Å². The van der Waals surface area contributed by atoms with Crippen molar-refractivity contribution >= 4 is 0 Å². The van der Waals surface area contributed by atoms with Crippen molar-refractivity contribution in [3.8, 4) is 0 Å². The van der Waals surface area contributed by atoms with Crippen LogP contribution in [0.2, 0.25) is 0 Å². The van der Waals surface area contributed by atoms with Crippen LogP contribution in [-0.2, 0) is 0 Å². The lowest BCUT2D eigenvalue weighted by Crippen LogP contribution is -2.36. The highest BCUT2D eigenvalue weighted by Gasteiger charge is 2.37. The first-order valence-corrected chi connectivity index (χ1v) is 7.51. The summed E-state index contributed by atoms with van der Waals surface area (Å²) in [6.07, 6.45) is 5.72. The third kappa shape index (κ3) is 3.02. The molecule has 0 saturated heterocycles. The predicted octanol–water partition coefficient (Wildman–Crippen LogP) is 5.38. The van der Waals surface area contributed by atoms with Gasteiger partial charge in [0.1, 0.15) is 0 Å². The molecule has 16 heavy (non-hydrogen) atoms. The Labute approximate surface area is 103 Å². The van der Waals surface area contributed by atoms with Crippen molar-refractivity contribution in [2.24, 2.45) is 35.5 Å². The highest BCUT2D eigenvalue weighted by molar-refractivity contribution is 4.86. The maximum absolute atomic E-state index is 2.50. The van der Waals surface area contributed by atoms with Crippen LogP contribution in [0.5, 0.6) is 0 Å². The minimum atomic E-state index is 0.881. The van der Waals surface area contributed by atoms with E-state index < -0.39 is 0 Å². The van der Waals surface area contributed by atoms with Gasteiger partial charge in [-0.25, -0.2) is 0 Å². The molecular weight excluding hydrogens is 192 g/mol. The molecule has 1 saturated carbocycles. The van der Waals surface area contributed by atoms with Crippen LogP contribution >= 0.6 is 0 Å². The minimum Gasteiger partial charge on any atom is -0.0651 e. The van der Waals surface area contributed by atoms with Crippen LogP contribution in [-0.4, -0.2) is 0 Å². The Morgan fingerprint density at radius 3 is 2.12 bits per heavy atom. The molecule has 0 heterocycles. The van der Waals surface area contributed by atoms with Crippen LogP contribution < -0.4 is 0 Å². The molecule has 96 valence electrons. The van der Waals surface area contributed by atoms with Crippen LogP contribution in [0, 0.1) is 35.5 Å². The van der Waals surface area contributed by atoms with Crippen molar-refractivity contribution in [1.29, 1.82) is 0 Å². The summed E-state index contributed by atoms with van der Waals surface area (Å²) in [6.45, 7) is 14.6. The molecule has 0 bridgehead atoms. The van der Waals surface area contributed by atoms with Gasteiger partial charge in [0.05, 0.1) is 0 Å². The lowest BCUT2D eigenvalue weighted by Gasteiger charge is -2.44. The average Bonchev–Trinajstić information content (AvgIpc) is 2.26. The third-order valence-electron chi connectivity index (χ3n) is 5.32. The van der Waals surface area contributed by atoms with Crippen molar-refractivity contribution in [2.45, 2.75) is 67.2 Å². The zero-order valence-electron chi connectivity index (χ0n) is 12.3. The summed E-state index contributed by atoms with van der Waals surface area (Å²) in [5, 5.41) is 0. The van der Waals surface area contributed by atoms with Gasteiger partial charge in [-0.3, -0.25) is 0 Å². The fraction of sp³-hybridized carbons (Fsp3) is 1.00. The molecule has 0 radical (unpaired) electrons. The van der Waals surface area contributed by atoms with E-state index in [2.05, 4.69) is 41.5 Å². The average molecular weight is 224 g/mol. The molecule has 0 aliphatic heterocycles. The standard InChI is InChI=1S/C16H32/c1-7-12(5)16-10-14(11(3)4)9-13(6)15(16)8-2/h11-16H,7-10H2,1-6H3. The van der Waals surface area contributed by atoms with Gasteiger partial charge in [-0.05, 0) is 48.3 Å². The molecule has 1 fully saturated rings. The molecule has 0 heteroatoms. The van der Waals surface area contributed by atoms with Crippen LogP contribution in [0.1, 0.15) is 67.2 Å². The second-order valence-corrected chi connectivity index (χ2v) is 6.57. The molecule has 1 aliphatic carbocycles. The van der Waals surface area contributed by atoms with Crippen LogP contribution in [0.3, 0.4) is 0 Å². The topological polar surface area (TPSA) is 0 Å². The summed E-state index contributed by atoms with van der Waals surface area (Å²) in [5.74, 6) is 5.72. The smallest absolute Gasteiger partial charge is 0.0355 e. The summed E-state index contributed by atoms with van der Waals surface area (Å²) in [6, 6.07) is 0. The number of hydrogen-bond acceptors (Lipinski definition) is 0. The van der Waals surface area contributed by atoms with Gasteiger partial charge >= 0.3 is 0 Å². The third-order valence-corrected chi connectivity index (χ3v) is 5.32. The van der Waals surface area contributed by atoms with Crippen molar-refractivity contribution in [3.05, 3.63) is 0 Å². The van der Waals surface area contributed by atoms with Gasteiger partial charge in [-0.15, -0.1) is 0 Å². The van der Waals surface area contributed by atoms with E-state index in [4.69, 9.17) is 0 Å².